The third kappa shape index (κ3) is 3.81. The number of nitrogens with zero attached hydrogens (tertiary/aromatic N) is 2. The molecule has 3 aromatic rings. The van der Waals surface area contributed by atoms with Crippen LogP contribution in [-0.2, 0) is 0 Å². The van der Waals surface area contributed by atoms with Crippen molar-refractivity contribution in [1.82, 2.24) is 5.01 Å². The molecule has 0 saturated carbocycles. The van der Waals surface area contributed by atoms with E-state index in [0.717, 1.165) is 39.0 Å². The van der Waals surface area contributed by atoms with E-state index in [4.69, 9.17) is 28.8 Å². The van der Waals surface area contributed by atoms with Crippen molar-refractivity contribution in [2.24, 2.45) is 5.10 Å². The lowest BCUT2D eigenvalue weighted by Gasteiger charge is -2.38. The molecular weight excluding hydrogens is 500 g/mol. The van der Waals surface area contributed by atoms with Gasteiger partial charge in [-0.05, 0) is 54.6 Å². The number of ether oxygens (including phenoxy) is 5. The Kier molecular flexibility index (Phi) is 6.00. The van der Waals surface area contributed by atoms with Crippen LogP contribution in [0.15, 0.2) is 64.2 Å². The van der Waals surface area contributed by atoms with Crippen LogP contribution in [0.25, 0.3) is 0 Å². The highest BCUT2D eigenvalue weighted by Gasteiger charge is 2.41. The monoisotopic (exact) mass is 524 g/mol. The van der Waals surface area contributed by atoms with Crippen molar-refractivity contribution in [3.63, 3.8) is 0 Å². The average Bonchev–Trinajstić information content (AvgIpc) is 3.33. The number of benzene rings is 3. The van der Waals surface area contributed by atoms with Gasteiger partial charge in [0.2, 0.25) is 6.23 Å². The molecule has 7 nitrogen and oxygen atoms in total. The smallest absolute Gasteiger partial charge is 0.214 e. The van der Waals surface area contributed by atoms with Crippen LogP contribution in [0.1, 0.15) is 35.4 Å². The molecule has 3 aromatic carbocycles. The van der Waals surface area contributed by atoms with Gasteiger partial charge in [0.15, 0.2) is 23.0 Å². The van der Waals surface area contributed by atoms with Gasteiger partial charge in [-0.3, -0.25) is 0 Å². The zero-order valence-electron chi connectivity index (χ0n) is 19.4. The summed E-state index contributed by atoms with van der Waals surface area (Å²) in [4.78, 5) is 0. The Morgan fingerprint density at radius 3 is 2.21 bits per heavy atom. The van der Waals surface area contributed by atoms with Crippen LogP contribution in [-0.4, -0.2) is 39.2 Å². The SMILES string of the molecule is COc1ccc(C2=NN3C(C2)c2cc(Br)ccc2OC3c2ccc(OC)c(OC)c2)cc1OC. The molecule has 2 atom stereocenters. The number of halogens is 1. The quantitative estimate of drug-likeness (QED) is 0.410. The molecule has 0 fully saturated rings. The molecule has 5 rings (SSSR count). The van der Waals surface area contributed by atoms with E-state index in [1.807, 2.05) is 53.5 Å². The number of methoxy groups -OCH3 is 4. The second-order valence-electron chi connectivity index (χ2n) is 7.98. The van der Waals surface area contributed by atoms with Gasteiger partial charge in [-0.2, -0.15) is 5.10 Å². The molecule has 176 valence electrons. The Bertz CT molecular complexity index is 1260. The third-order valence-electron chi connectivity index (χ3n) is 6.16. The summed E-state index contributed by atoms with van der Waals surface area (Å²) < 4.78 is 29.3. The summed E-state index contributed by atoms with van der Waals surface area (Å²) in [6.07, 6.45) is 0.308. The van der Waals surface area contributed by atoms with E-state index >= 15 is 0 Å². The summed E-state index contributed by atoms with van der Waals surface area (Å²) in [5, 5.41) is 7.07. The Hall–Kier alpha value is -3.39. The molecule has 34 heavy (non-hydrogen) atoms. The molecule has 0 radical (unpaired) electrons. The van der Waals surface area contributed by atoms with Gasteiger partial charge in [-0.15, -0.1) is 0 Å². The normalized spacial score (nSPS) is 18.4. The van der Waals surface area contributed by atoms with Crippen molar-refractivity contribution in [3.8, 4) is 28.7 Å². The molecule has 2 heterocycles. The fourth-order valence-corrected chi connectivity index (χ4v) is 4.85. The van der Waals surface area contributed by atoms with Gasteiger partial charge >= 0.3 is 0 Å². The Morgan fingerprint density at radius 2 is 1.50 bits per heavy atom. The summed E-state index contributed by atoms with van der Waals surface area (Å²) in [7, 11) is 6.52. The minimum atomic E-state index is -0.420. The van der Waals surface area contributed by atoms with E-state index in [9.17, 15) is 0 Å². The average molecular weight is 525 g/mol. The standard InChI is InChI=1S/C26H25BrN2O5/c1-30-22-8-5-15(11-24(22)32-3)19-14-20-18-13-17(27)7-10-21(18)34-26(29(20)28-19)16-6-9-23(31-2)25(12-16)33-4/h5-13,20,26H,14H2,1-4H3. The zero-order valence-corrected chi connectivity index (χ0v) is 21.0. The maximum absolute atomic E-state index is 6.48. The van der Waals surface area contributed by atoms with Gasteiger partial charge in [0.25, 0.3) is 0 Å². The molecule has 2 unspecified atom stereocenters. The summed E-state index contributed by atoms with van der Waals surface area (Å²) in [6, 6.07) is 17.8. The number of fused-ring (bicyclic) bond motifs is 3. The van der Waals surface area contributed by atoms with Crippen molar-refractivity contribution in [2.45, 2.75) is 18.7 Å². The van der Waals surface area contributed by atoms with Crippen LogP contribution in [0.5, 0.6) is 28.7 Å². The van der Waals surface area contributed by atoms with Crippen molar-refractivity contribution < 1.29 is 23.7 Å². The second kappa shape index (κ2) is 9.10. The fourth-order valence-electron chi connectivity index (χ4n) is 4.47. The van der Waals surface area contributed by atoms with Crippen LogP contribution in [0, 0.1) is 0 Å². The van der Waals surface area contributed by atoms with E-state index < -0.39 is 6.23 Å². The first-order chi connectivity index (χ1) is 16.6. The summed E-state index contributed by atoms with van der Waals surface area (Å²) in [5.74, 6) is 3.50. The Balaban J connectivity index is 1.59. The van der Waals surface area contributed by atoms with Crippen LogP contribution >= 0.6 is 15.9 Å². The lowest BCUT2D eigenvalue weighted by Crippen LogP contribution is -2.33. The van der Waals surface area contributed by atoms with E-state index in [2.05, 4.69) is 22.0 Å². The largest absolute Gasteiger partial charge is 0.493 e. The van der Waals surface area contributed by atoms with Gasteiger partial charge in [0.1, 0.15) is 5.75 Å². The maximum atomic E-state index is 6.48. The van der Waals surface area contributed by atoms with E-state index in [1.54, 1.807) is 28.4 Å². The molecule has 0 amide bonds. The number of rotatable bonds is 6. The molecule has 0 spiro atoms. The van der Waals surface area contributed by atoms with Crippen molar-refractivity contribution in [3.05, 3.63) is 75.8 Å². The molecule has 0 N–H and O–H groups in total. The predicted molar refractivity (Wildman–Crippen MR) is 132 cm³/mol. The van der Waals surface area contributed by atoms with Crippen LogP contribution in [0.2, 0.25) is 0 Å². The van der Waals surface area contributed by atoms with Crippen molar-refractivity contribution >= 4 is 21.6 Å². The first-order valence-electron chi connectivity index (χ1n) is 10.8. The minimum Gasteiger partial charge on any atom is -0.493 e. The Morgan fingerprint density at radius 1 is 0.824 bits per heavy atom. The number of hydrogen-bond acceptors (Lipinski definition) is 7. The lowest BCUT2D eigenvalue weighted by molar-refractivity contribution is -0.0192. The summed E-state index contributed by atoms with van der Waals surface area (Å²) in [6.45, 7) is 0. The summed E-state index contributed by atoms with van der Waals surface area (Å²) >= 11 is 3.60. The van der Waals surface area contributed by atoms with Crippen LogP contribution in [0.4, 0.5) is 0 Å². The van der Waals surface area contributed by atoms with Gasteiger partial charge in [0, 0.05) is 27.6 Å². The highest BCUT2D eigenvalue weighted by Crippen LogP contribution is 2.49. The first-order valence-corrected chi connectivity index (χ1v) is 11.6. The third-order valence-corrected chi connectivity index (χ3v) is 6.65. The fraction of sp³-hybridized carbons (Fsp3) is 0.269. The second-order valence-corrected chi connectivity index (χ2v) is 8.90. The van der Waals surface area contributed by atoms with Crippen molar-refractivity contribution in [1.29, 1.82) is 0 Å². The highest BCUT2D eigenvalue weighted by molar-refractivity contribution is 9.10. The first kappa shape index (κ1) is 22.4. The van der Waals surface area contributed by atoms with Gasteiger partial charge in [0.05, 0.1) is 40.2 Å². The molecule has 0 bridgehead atoms. The van der Waals surface area contributed by atoms with Gasteiger partial charge < -0.3 is 23.7 Å². The van der Waals surface area contributed by atoms with Gasteiger partial charge in [-0.1, -0.05) is 15.9 Å². The van der Waals surface area contributed by atoms with E-state index in [0.29, 0.717) is 23.0 Å². The minimum absolute atomic E-state index is 0.0162. The molecule has 0 aromatic heterocycles. The van der Waals surface area contributed by atoms with E-state index in [1.165, 1.54) is 0 Å². The Labute approximate surface area is 207 Å². The molecule has 0 saturated heterocycles. The topological polar surface area (TPSA) is 61.8 Å². The van der Waals surface area contributed by atoms with Crippen LogP contribution < -0.4 is 23.7 Å². The maximum Gasteiger partial charge on any atom is 0.214 e. The molecule has 0 aliphatic carbocycles. The molecule has 2 aliphatic rings. The summed E-state index contributed by atoms with van der Waals surface area (Å²) in [5.41, 5.74) is 3.95. The van der Waals surface area contributed by atoms with E-state index in [-0.39, 0.29) is 6.04 Å². The molecule has 2 aliphatic heterocycles. The molecule has 8 heteroatoms. The van der Waals surface area contributed by atoms with Crippen LogP contribution in [0.3, 0.4) is 0 Å². The predicted octanol–water partition coefficient (Wildman–Crippen LogP) is 5.73. The van der Waals surface area contributed by atoms with Crippen molar-refractivity contribution in [2.75, 3.05) is 28.4 Å². The number of hydrogen-bond donors (Lipinski definition) is 0. The zero-order chi connectivity index (χ0) is 23.8. The molecular formula is C26H25BrN2O5. The lowest BCUT2D eigenvalue weighted by atomic mass is 9.95. The highest BCUT2D eigenvalue weighted by atomic mass is 79.9. The number of hydrazone groups is 1. The van der Waals surface area contributed by atoms with Gasteiger partial charge in [-0.25, -0.2) is 5.01 Å².